The molecule has 0 bridgehead atoms. The maximum Gasteiger partial charge on any atom is 0.303 e. The third-order valence-electron chi connectivity index (χ3n) is 1.92. The molecule has 0 N–H and O–H groups in total. The van der Waals surface area contributed by atoms with Crippen molar-refractivity contribution < 1.29 is 14.3 Å². The first-order chi connectivity index (χ1) is 7.43. The normalized spacial score (nSPS) is 12.0. The fourth-order valence-corrected chi connectivity index (χ4v) is 1.66. The molecule has 0 saturated heterocycles. The molecule has 0 aliphatic heterocycles. The number of halogens is 2. The first-order valence-electron chi connectivity index (χ1n) is 4.55. The highest BCUT2D eigenvalue weighted by Crippen LogP contribution is 2.32. The highest BCUT2D eigenvalue weighted by molar-refractivity contribution is 6.42. The Bertz CT molecular complexity index is 429. The fraction of sp³-hybridized carbons (Fsp3) is 0.273. The van der Waals surface area contributed by atoms with Crippen LogP contribution in [0.1, 0.15) is 25.5 Å². The molecule has 0 saturated carbocycles. The van der Waals surface area contributed by atoms with Gasteiger partial charge in [0.05, 0.1) is 10.0 Å². The van der Waals surface area contributed by atoms with Gasteiger partial charge in [-0.05, 0) is 13.0 Å². The Labute approximate surface area is 103 Å². The van der Waals surface area contributed by atoms with E-state index in [4.69, 9.17) is 27.9 Å². The van der Waals surface area contributed by atoms with Crippen molar-refractivity contribution in [2.45, 2.75) is 20.0 Å². The number of rotatable bonds is 3. The predicted octanol–water partition coefficient (Wildman–Crippen LogP) is 3.19. The summed E-state index contributed by atoms with van der Waals surface area (Å²) in [4.78, 5) is 22.2. The molecule has 0 aliphatic rings. The molecular weight excluding hydrogens is 251 g/mol. The number of carbonyl (C=O) groups is 2. The van der Waals surface area contributed by atoms with Gasteiger partial charge in [-0.15, -0.1) is 0 Å². The quantitative estimate of drug-likeness (QED) is 0.785. The van der Waals surface area contributed by atoms with E-state index in [0.29, 0.717) is 10.6 Å². The molecule has 0 heterocycles. The zero-order valence-electron chi connectivity index (χ0n) is 8.79. The summed E-state index contributed by atoms with van der Waals surface area (Å²) in [6, 6.07) is 4.84. The Morgan fingerprint density at radius 1 is 1.25 bits per heavy atom. The van der Waals surface area contributed by atoms with Crippen LogP contribution >= 0.6 is 23.2 Å². The van der Waals surface area contributed by atoms with Crippen molar-refractivity contribution in [3.05, 3.63) is 33.8 Å². The van der Waals surface area contributed by atoms with Crippen molar-refractivity contribution in [2.75, 3.05) is 0 Å². The van der Waals surface area contributed by atoms with Gasteiger partial charge in [0, 0.05) is 12.5 Å². The van der Waals surface area contributed by atoms with Crippen LogP contribution in [0.5, 0.6) is 0 Å². The van der Waals surface area contributed by atoms with Gasteiger partial charge in [-0.3, -0.25) is 9.59 Å². The molecule has 3 nitrogen and oxygen atoms in total. The summed E-state index contributed by atoms with van der Waals surface area (Å²) >= 11 is 11.8. The average Bonchev–Trinajstić information content (AvgIpc) is 2.18. The largest absolute Gasteiger partial charge is 0.450 e. The minimum atomic E-state index is -0.997. The van der Waals surface area contributed by atoms with E-state index in [0.717, 1.165) is 0 Å². The lowest BCUT2D eigenvalue weighted by atomic mass is 10.1. The zero-order valence-corrected chi connectivity index (χ0v) is 10.3. The molecule has 1 atom stereocenters. The lowest BCUT2D eigenvalue weighted by Gasteiger charge is -2.16. The summed E-state index contributed by atoms with van der Waals surface area (Å²) in [6.45, 7) is 2.55. The van der Waals surface area contributed by atoms with Crippen molar-refractivity contribution in [1.82, 2.24) is 0 Å². The first kappa shape index (κ1) is 13.0. The van der Waals surface area contributed by atoms with Crippen LogP contribution in [0.15, 0.2) is 18.2 Å². The molecule has 1 rings (SSSR count). The van der Waals surface area contributed by atoms with Gasteiger partial charge in [0.25, 0.3) is 0 Å². The number of ether oxygens (including phenoxy) is 1. The van der Waals surface area contributed by atoms with E-state index >= 15 is 0 Å². The van der Waals surface area contributed by atoms with E-state index in [1.54, 1.807) is 18.2 Å². The van der Waals surface area contributed by atoms with Crippen molar-refractivity contribution in [2.24, 2.45) is 0 Å². The van der Waals surface area contributed by atoms with Gasteiger partial charge < -0.3 is 4.74 Å². The first-order valence-corrected chi connectivity index (χ1v) is 5.30. The molecule has 1 aromatic rings. The lowest BCUT2D eigenvalue weighted by molar-refractivity contribution is -0.152. The third kappa shape index (κ3) is 2.97. The molecule has 86 valence electrons. The molecule has 0 fully saturated rings. The fourth-order valence-electron chi connectivity index (χ4n) is 1.25. The molecule has 16 heavy (non-hydrogen) atoms. The molecule has 1 unspecified atom stereocenters. The monoisotopic (exact) mass is 260 g/mol. The van der Waals surface area contributed by atoms with Gasteiger partial charge in [0.1, 0.15) is 0 Å². The van der Waals surface area contributed by atoms with Crippen LogP contribution in [0.3, 0.4) is 0 Å². The molecule has 0 radical (unpaired) electrons. The van der Waals surface area contributed by atoms with E-state index in [1.807, 2.05) is 0 Å². The molecule has 0 amide bonds. The van der Waals surface area contributed by atoms with Crippen molar-refractivity contribution >= 4 is 35.0 Å². The Morgan fingerprint density at radius 3 is 2.38 bits per heavy atom. The number of hydrogen-bond acceptors (Lipinski definition) is 3. The van der Waals surface area contributed by atoms with Crippen molar-refractivity contribution in [3.63, 3.8) is 0 Å². The van der Waals surface area contributed by atoms with Gasteiger partial charge in [-0.1, -0.05) is 35.3 Å². The van der Waals surface area contributed by atoms with Crippen LogP contribution in [-0.2, 0) is 14.3 Å². The molecule has 5 heteroatoms. The smallest absolute Gasteiger partial charge is 0.303 e. The number of carbonyl (C=O) groups excluding carboxylic acids is 2. The summed E-state index contributed by atoms with van der Waals surface area (Å²) in [5.41, 5.74) is 0.400. The molecule has 0 spiro atoms. The van der Waals surface area contributed by atoms with Crippen LogP contribution in [-0.4, -0.2) is 11.8 Å². The van der Waals surface area contributed by atoms with E-state index in [2.05, 4.69) is 0 Å². The Kier molecular flexibility index (Phi) is 4.33. The van der Waals surface area contributed by atoms with Crippen LogP contribution in [0.2, 0.25) is 10.0 Å². The minimum Gasteiger partial charge on any atom is -0.450 e. The summed E-state index contributed by atoms with van der Waals surface area (Å²) < 4.78 is 4.90. The Hall–Kier alpha value is -1.06. The average molecular weight is 261 g/mol. The zero-order chi connectivity index (χ0) is 12.3. The second kappa shape index (κ2) is 5.32. The Balaban J connectivity index is 3.16. The predicted molar refractivity (Wildman–Crippen MR) is 61.7 cm³/mol. The standard InChI is InChI=1S/C11H10Cl2O3/c1-6(14)11(16-7(2)15)8-4-3-5-9(12)10(8)13/h3-5,11H,1-2H3. The second-order valence-corrected chi connectivity index (χ2v) is 4.03. The maximum absolute atomic E-state index is 11.4. The van der Waals surface area contributed by atoms with Gasteiger partial charge in [0.15, 0.2) is 11.9 Å². The lowest BCUT2D eigenvalue weighted by Crippen LogP contribution is -2.16. The summed E-state index contributed by atoms with van der Waals surface area (Å²) in [5.74, 6) is -0.851. The molecular formula is C11H10Cl2O3. The number of esters is 1. The SMILES string of the molecule is CC(=O)OC(C(C)=O)c1cccc(Cl)c1Cl. The van der Waals surface area contributed by atoms with E-state index in [9.17, 15) is 9.59 Å². The van der Waals surface area contributed by atoms with E-state index < -0.39 is 12.1 Å². The molecule has 1 aromatic carbocycles. The number of hydrogen-bond donors (Lipinski definition) is 0. The molecule has 0 aromatic heterocycles. The number of Topliss-reactive ketones (excluding diaryl/α,β-unsaturated/α-hetero) is 1. The van der Waals surface area contributed by atoms with Gasteiger partial charge in [-0.25, -0.2) is 0 Å². The number of benzene rings is 1. The van der Waals surface area contributed by atoms with Gasteiger partial charge in [0.2, 0.25) is 0 Å². The van der Waals surface area contributed by atoms with Crippen molar-refractivity contribution in [3.8, 4) is 0 Å². The highest BCUT2D eigenvalue weighted by atomic mass is 35.5. The summed E-state index contributed by atoms with van der Waals surface area (Å²) in [7, 11) is 0. The van der Waals surface area contributed by atoms with Crippen LogP contribution < -0.4 is 0 Å². The van der Waals surface area contributed by atoms with Gasteiger partial charge >= 0.3 is 5.97 Å². The Morgan fingerprint density at radius 2 is 1.88 bits per heavy atom. The van der Waals surface area contributed by atoms with Gasteiger partial charge in [-0.2, -0.15) is 0 Å². The number of ketones is 1. The van der Waals surface area contributed by atoms with Crippen LogP contribution in [0, 0.1) is 0 Å². The maximum atomic E-state index is 11.4. The van der Waals surface area contributed by atoms with Crippen LogP contribution in [0.4, 0.5) is 0 Å². The van der Waals surface area contributed by atoms with Crippen molar-refractivity contribution in [1.29, 1.82) is 0 Å². The van der Waals surface area contributed by atoms with Crippen LogP contribution in [0.25, 0.3) is 0 Å². The topological polar surface area (TPSA) is 43.4 Å². The van der Waals surface area contributed by atoms with E-state index in [1.165, 1.54) is 13.8 Å². The van der Waals surface area contributed by atoms with E-state index in [-0.39, 0.29) is 10.8 Å². The third-order valence-corrected chi connectivity index (χ3v) is 2.75. The summed E-state index contributed by atoms with van der Waals surface area (Å²) in [6.07, 6.45) is -0.997. The second-order valence-electron chi connectivity index (χ2n) is 3.24. The highest BCUT2D eigenvalue weighted by Gasteiger charge is 2.23. The minimum absolute atomic E-state index is 0.227. The molecule has 0 aliphatic carbocycles. The summed E-state index contributed by atoms with van der Waals surface area (Å²) in [5, 5.41) is 0.545.